The van der Waals surface area contributed by atoms with Crippen LogP contribution in [-0.4, -0.2) is 18.9 Å². The van der Waals surface area contributed by atoms with E-state index in [9.17, 15) is 0 Å². The molecular weight excluding hydrogens is 300 g/mol. The Morgan fingerprint density at radius 3 is 2.79 bits per heavy atom. The highest BCUT2D eigenvalue weighted by Crippen LogP contribution is 2.36. The van der Waals surface area contributed by atoms with Crippen LogP contribution in [0.5, 0.6) is 0 Å². The predicted octanol–water partition coefficient (Wildman–Crippen LogP) is 4.27. The standard InChI is InChI=1S/C19H12N4O/c1-22-13-8-9-14-16(17-15(24-14)7-4-10-20-17)18(13)23-12-6-3-2-5-11(12)21-19(22)23/h2-10H,1H3. The highest BCUT2D eigenvalue weighted by Gasteiger charge is 2.19. The first kappa shape index (κ1) is 12.1. The van der Waals surface area contributed by atoms with Crippen molar-refractivity contribution in [2.45, 2.75) is 0 Å². The molecule has 5 nitrogen and oxygen atoms in total. The van der Waals surface area contributed by atoms with Crippen LogP contribution in [0.15, 0.2) is 59.1 Å². The molecule has 114 valence electrons. The first-order valence-electron chi connectivity index (χ1n) is 7.85. The van der Waals surface area contributed by atoms with Gasteiger partial charge >= 0.3 is 0 Å². The Morgan fingerprint density at radius 1 is 0.917 bits per heavy atom. The van der Waals surface area contributed by atoms with Crippen molar-refractivity contribution in [3.63, 3.8) is 0 Å². The Labute approximate surface area is 135 Å². The summed E-state index contributed by atoms with van der Waals surface area (Å²) in [5, 5.41) is 1.04. The maximum Gasteiger partial charge on any atom is 0.215 e. The van der Waals surface area contributed by atoms with Crippen molar-refractivity contribution in [3.05, 3.63) is 54.7 Å². The van der Waals surface area contributed by atoms with Crippen molar-refractivity contribution in [2.24, 2.45) is 7.05 Å². The minimum absolute atomic E-state index is 0.807. The van der Waals surface area contributed by atoms with Gasteiger partial charge in [-0.2, -0.15) is 0 Å². The number of rotatable bonds is 0. The van der Waals surface area contributed by atoms with E-state index in [1.165, 1.54) is 0 Å². The highest BCUT2D eigenvalue weighted by molar-refractivity contribution is 6.17. The molecule has 0 N–H and O–H groups in total. The lowest BCUT2D eigenvalue weighted by Crippen LogP contribution is -1.87. The molecule has 0 spiro atoms. The second-order valence-corrected chi connectivity index (χ2v) is 6.05. The summed E-state index contributed by atoms with van der Waals surface area (Å²) in [5.41, 5.74) is 6.84. The lowest BCUT2D eigenvalue weighted by Gasteiger charge is -1.97. The Morgan fingerprint density at radius 2 is 1.83 bits per heavy atom. The minimum Gasteiger partial charge on any atom is -0.454 e. The number of aryl methyl sites for hydroxylation is 1. The van der Waals surface area contributed by atoms with Gasteiger partial charge in [-0.25, -0.2) is 4.98 Å². The summed E-state index contributed by atoms with van der Waals surface area (Å²) in [6, 6.07) is 16.2. The molecule has 5 heteroatoms. The molecule has 4 heterocycles. The van der Waals surface area contributed by atoms with Gasteiger partial charge in [-0.05, 0) is 36.4 Å². The molecule has 6 rings (SSSR count). The van der Waals surface area contributed by atoms with Crippen molar-refractivity contribution in [2.75, 3.05) is 0 Å². The van der Waals surface area contributed by atoms with E-state index in [-0.39, 0.29) is 0 Å². The molecule has 0 saturated carbocycles. The average Bonchev–Trinajstić information content (AvgIpc) is 3.25. The number of pyridine rings is 1. The number of furan rings is 1. The Balaban J connectivity index is 2.03. The molecule has 0 amide bonds. The zero-order valence-electron chi connectivity index (χ0n) is 12.9. The molecule has 2 aromatic carbocycles. The molecule has 0 bridgehead atoms. The maximum absolute atomic E-state index is 6.00. The summed E-state index contributed by atoms with van der Waals surface area (Å²) < 4.78 is 10.3. The zero-order chi connectivity index (χ0) is 15.8. The predicted molar refractivity (Wildman–Crippen MR) is 94.2 cm³/mol. The first-order valence-corrected chi connectivity index (χ1v) is 7.85. The molecule has 0 fully saturated rings. The van der Waals surface area contributed by atoms with Crippen molar-refractivity contribution in [1.29, 1.82) is 0 Å². The summed E-state index contributed by atoms with van der Waals surface area (Å²) >= 11 is 0. The summed E-state index contributed by atoms with van der Waals surface area (Å²) in [6.45, 7) is 0. The molecular formula is C19H12N4O. The number of hydrogen-bond acceptors (Lipinski definition) is 3. The van der Waals surface area contributed by atoms with Gasteiger partial charge in [0.2, 0.25) is 5.78 Å². The molecule has 0 radical (unpaired) electrons. The largest absolute Gasteiger partial charge is 0.454 e. The SMILES string of the molecule is Cn1c2ccc3oc4cccnc4c3c2n2c3ccccc3nc12. The van der Waals surface area contributed by atoms with E-state index >= 15 is 0 Å². The Bertz CT molecular complexity index is 1420. The fourth-order valence-corrected chi connectivity index (χ4v) is 3.72. The van der Waals surface area contributed by atoms with Gasteiger partial charge < -0.3 is 8.98 Å². The number of aromatic nitrogens is 4. The number of hydrogen-bond donors (Lipinski definition) is 0. The van der Waals surface area contributed by atoms with Crippen molar-refractivity contribution in [1.82, 2.24) is 18.9 Å². The number of fused-ring (bicyclic) bond motifs is 9. The van der Waals surface area contributed by atoms with Crippen LogP contribution in [0.3, 0.4) is 0 Å². The van der Waals surface area contributed by atoms with Crippen LogP contribution in [0.4, 0.5) is 0 Å². The van der Waals surface area contributed by atoms with Gasteiger partial charge in [0, 0.05) is 13.2 Å². The highest BCUT2D eigenvalue weighted by atomic mass is 16.3. The first-order chi connectivity index (χ1) is 11.8. The van der Waals surface area contributed by atoms with Crippen LogP contribution in [0.1, 0.15) is 0 Å². The molecule has 0 unspecified atom stereocenters. The van der Waals surface area contributed by atoms with Crippen molar-refractivity contribution in [3.8, 4) is 0 Å². The quantitative estimate of drug-likeness (QED) is 0.421. The fraction of sp³-hybridized carbons (Fsp3) is 0.0526. The Hall–Kier alpha value is -3.34. The van der Waals surface area contributed by atoms with Crippen LogP contribution in [0.25, 0.3) is 49.9 Å². The number of benzene rings is 2. The number of imidazole rings is 2. The monoisotopic (exact) mass is 312 g/mol. The molecule has 0 aliphatic carbocycles. The van der Waals surface area contributed by atoms with Crippen LogP contribution < -0.4 is 0 Å². The summed E-state index contributed by atoms with van der Waals surface area (Å²) in [5.74, 6) is 0.920. The summed E-state index contributed by atoms with van der Waals surface area (Å²) in [4.78, 5) is 9.36. The zero-order valence-corrected chi connectivity index (χ0v) is 12.9. The van der Waals surface area contributed by atoms with Crippen LogP contribution in [-0.2, 0) is 7.05 Å². The van der Waals surface area contributed by atoms with E-state index in [0.29, 0.717) is 0 Å². The fourth-order valence-electron chi connectivity index (χ4n) is 3.72. The third kappa shape index (κ3) is 1.27. The van der Waals surface area contributed by atoms with Crippen molar-refractivity contribution < 1.29 is 4.42 Å². The molecule has 0 saturated heterocycles. The second kappa shape index (κ2) is 3.94. The molecule has 0 aliphatic heterocycles. The van der Waals surface area contributed by atoms with Gasteiger partial charge in [0.15, 0.2) is 5.58 Å². The van der Waals surface area contributed by atoms with Gasteiger partial charge in [-0.1, -0.05) is 12.1 Å². The summed E-state index contributed by atoms with van der Waals surface area (Å²) in [6.07, 6.45) is 1.81. The van der Waals surface area contributed by atoms with E-state index in [1.807, 2.05) is 49.6 Å². The van der Waals surface area contributed by atoms with Crippen LogP contribution in [0.2, 0.25) is 0 Å². The number of nitrogens with zero attached hydrogens (tertiary/aromatic N) is 4. The van der Waals surface area contributed by atoms with E-state index in [0.717, 1.165) is 49.9 Å². The lowest BCUT2D eigenvalue weighted by molar-refractivity contribution is 0.668. The third-order valence-corrected chi connectivity index (χ3v) is 4.77. The van der Waals surface area contributed by atoms with Gasteiger partial charge in [-0.15, -0.1) is 0 Å². The molecule has 4 aromatic heterocycles. The van der Waals surface area contributed by atoms with Gasteiger partial charge in [0.1, 0.15) is 11.1 Å². The smallest absolute Gasteiger partial charge is 0.215 e. The molecule has 0 aliphatic rings. The second-order valence-electron chi connectivity index (χ2n) is 6.05. The van der Waals surface area contributed by atoms with E-state index < -0.39 is 0 Å². The van der Waals surface area contributed by atoms with E-state index in [2.05, 4.69) is 26.1 Å². The minimum atomic E-state index is 0.807. The van der Waals surface area contributed by atoms with E-state index in [1.54, 1.807) is 0 Å². The average molecular weight is 312 g/mol. The summed E-state index contributed by atoms with van der Waals surface area (Å²) in [7, 11) is 2.05. The van der Waals surface area contributed by atoms with Crippen LogP contribution in [0, 0.1) is 0 Å². The number of para-hydroxylation sites is 2. The normalized spacial score (nSPS) is 12.4. The topological polar surface area (TPSA) is 48.3 Å². The van der Waals surface area contributed by atoms with Gasteiger partial charge in [-0.3, -0.25) is 9.38 Å². The van der Waals surface area contributed by atoms with Crippen LogP contribution >= 0.6 is 0 Å². The third-order valence-electron chi connectivity index (χ3n) is 4.77. The van der Waals surface area contributed by atoms with Crippen molar-refractivity contribution >= 4 is 49.9 Å². The molecule has 24 heavy (non-hydrogen) atoms. The molecule has 0 atom stereocenters. The Kier molecular flexibility index (Phi) is 1.99. The van der Waals surface area contributed by atoms with Gasteiger partial charge in [0.25, 0.3) is 0 Å². The maximum atomic E-state index is 6.00. The lowest BCUT2D eigenvalue weighted by atomic mass is 10.2. The van der Waals surface area contributed by atoms with Gasteiger partial charge in [0.05, 0.1) is 27.5 Å². The molecule has 6 aromatic rings. The van der Waals surface area contributed by atoms with E-state index in [4.69, 9.17) is 9.40 Å².